The van der Waals surface area contributed by atoms with Crippen molar-refractivity contribution in [1.29, 1.82) is 0 Å². The molecule has 0 radical (unpaired) electrons. The summed E-state index contributed by atoms with van der Waals surface area (Å²) in [6.45, 7) is 10.7. The Labute approximate surface area is 164 Å². The number of benzene rings is 1. The van der Waals surface area contributed by atoms with E-state index in [2.05, 4.69) is 50.8 Å². The van der Waals surface area contributed by atoms with E-state index in [1.807, 2.05) is 36.0 Å². The van der Waals surface area contributed by atoms with Crippen LogP contribution in [0.3, 0.4) is 0 Å². The van der Waals surface area contributed by atoms with Crippen LogP contribution in [0.4, 0.5) is 0 Å². The van der Waals surface area contributed by atoms with Gasteiger partial charge in [0.15, 0.2) is 5.76 Å². The second-order valence-corrected chi connectivity index (χ2v) is 10.0. The average molecular weight is 390 g/mol. The van der Waals surface area contributed by atoms with Crippen LogP contribution in [0.1, 0.15) is 46.2 Å². The van der Waals surface area contributed by atoms with Crippen LogP contribution >= 0.6 is 23.4 Å². The van der Waals surface area contributed by atoms with Crippen LogP contribution in [0.25, 0.3) is 11.5 Å². The van der Waals surface area contributed by atoms with Crippen molar-refractivity contribution >= 4 is 23.4 Å². The van der Waals surface area contributed by atoms with Gasteiger partial charge in [0.25, 0.3) is 0 Å². The smallest absolute Gasteiger partial charge is 0.211 e. The highest BCUT2D eigenvalue weighted by atomic mass is 35.5. The lowest BCUT2D eigenvalue weighted by molar-refractivity contribution is 0.458. The number of rotatable bonds is 4. The van der Waals surface area contributed by atoms with E-state index in [1.165, 1.54) is 0 Å². The van der Waals surface area contributed by atoms with E-state index in [1.54, 1.807) is 18.0 Å². The molecule has 4 nitrogen and oxygen atoms in total. The fraction of sp³-hybridized carbons (Fsp3) is 0.400. The van der Waals surface area contributed by atoms with Crippen molar-refractivity contribution in [3.8, 4) is 11.5 Å². The molecule has 0 bridgehead atoms. The number of aryl methyl sites for hydroxylation is 1. The summed E-state index contributed by atoms with van der Waals surface area (Å²) in [4.78, 5) is 5.66. The van der Waals surface area contributed by atoms with Gasteiger partial charge >= 0.3 is 0 Å². The van der Waals surface area contributed by atoms with Gasteiger partial charge in [0, 0.05) is 22.4 Å². The van der Waals surface area contributed by atoms with Crippen molar-refractivity contribution in [1.82, 2.24) is 14.8 Å². The third-order valence-electron chi connectivity index (χ3n) is 4.11. The second kappa shape index (κ2) is 6.78. The van der Waals surface area contributed by atoms with Crippen molar-refractivity contribution in [3.63, 3.8) is 0 Å². The molecule has 138 valence electrons. The lowest BCUT2D eigenvalue weighted by Gasteiger charge is -2.20. The zero-order valence-corrected chi connectivity index (χ0v) is 17.6. The zero-order valence-electron chi connectivity index (χ0n) is 16.0. The first-order chi connectivity index (χ1) is 12.1. The minimum Gasteiger partial charge on any atom is -0.438 e. The highest BCUT2D eigenvalue weighted by Gasteiger charge is 2.29. The molecule has 1 aromatic carbocycles. The maximum Gasteiger partial charge on any atom is 0.211 e. The molecule has 0 N–H and O–H groups in total. The molecule has 2 heterocycles. The third kappa shape index (κ3) is 3.99. The van der Waals surface area contributed by atoms with Crippen LogP contribution in [-0.2, 0) is 17.2 Å². The molecule has 26 heavy (non-hydrogen) atoms. The minimum atomic E-state index is -0.308. The Morgan fingerprint density at radius 1 is 1.08 bits per heavy atom. The van der Waals surface area contributed by atoms with Crippen LogP contribution in [0.5, 0.6) is 0 Å². The Balaban J connectivity index is 1.87. The van der Waals surface area contributed by atoms with Crippen molar-refractivity contribution in [2.75, 3.05) is 0 Å². The summed E-state index contributed by atoms with van der Waals surface area (Å²) in [6, 6.07) is 9.88. The summed E-state index contributed by atoms with van der Waals surface area (Å²) < 4.78 is 7.66. The van der Waals surface area contributed by atoms with E-state index in [4.69, 9.17) is 16.0 Å². The van der Waals surface area contributed by atoms with Gasteiger partial charge in [-0.25, -0.2) is 4.98 Å². The molecule has 0 aliphatic rings. The Bertz CT molecular complexity index is 904. The van der Waals surface area contributed by atoms with Gasteiger partial charge in [0.1, 0.15) is 5.69 Å². The normalized spacial score (nSPS) is 12.6. The summed E-state index contributed by atoms with van der Waals surface area (Å²) in [5, 5.41) is 5.35. The van der Waals surface area contributed by atoms with Gasteiger partial charge in [-0.2, -0.15) is 5.10 Å². The van der Waals surface area contributed by atoms with Crippen LogP contribution < -0.4 is 0 Å². The van der Waals surface area contributed by atoms with Gasteiger partial charge in [-0.1, -0.05) is 32.4 Å². The highest BCUT2D eigenvalue weighted by Crippen LogP contribution is 2.41. The molecular formula is C20H24ClN3OS. The number of aromatic nitrogens is 3. The SMILES string of the molecule is Cn1nc(C(C)(C)C)cc1-c1cnc(C(C)(C)Sc2ccc(Cl)cc2)o1. The maximum absolute atomic E-state index is 6.12. The van der Waals surface area contributed by atoms with E-state index in [9.17, 15) is 0 Å². The number of halogens is 1. The molecule has 0 spiro atoms. The van der Waals surface area contributed by atoms with E-state index >= 15 is 0 Å². The van der Waals surface area contributed by atoms with E-state index in [0.717, 1.165) is 27.1 Å². The molecular weight excluding hydrogens is 366 g/mol. The number of oxazole rings is 1. The Kier molecular flexibility index (Phi) is 4.97. The first-order valence-corrected chi connectivity index (χ1v) is 9.71. The molecule has 3 rings (SSSR count). The summed E-state index contributed by atoms with van der Waals surface area (Å²) >= 11 is 7.66. The molecule has 0 aliphatic heterocycles. The van der Waals surface area contributed by atoms with Crippen molar-refractivity contribution in [3.05, 3.63) is 53.1 Å². The van der Waals surface area contributed by atoms with Crippen molar-refractivity contribution in [2.45, 2.75) is 49.7 Å². The first kappa shape index (κ1) is 19.1. The fourth-order valence-electron chi connectivity index (χ4n) is 2.58. The minimum absolute atomic E-state index is 0.0113. The second-order valence-electron chi connectivity index (χ2n) is 7.88. The Hall–Kier alpha value is -1.72. The van der Waals surface area contributed by atoms with E-state index in [0.29, 0.717) is 5.89 Å². The summed E-state index contributed by atoms with van der Waals surface area (Å²) in [5.74, 6) is 1.42. The van der Waals surface area contributed by atoms with E-state index in [-0.39, 0.29) is 10.2 Å². The monoisotopic (exact) mass is 389 g/mol. The molecule has 2 aromatic heterocycles. The third-order valence-corrected chi connectivity index (χ3v) is 5.55. The van der Waals surface area contributed by atoms with Crippen molar-refractivity contribution < 1.29 is 4.42 Å². The predicted octanol–water partition coefficient (Wildman–Crippen LogP) is 6.05. The number of nitrogens with zero attached hydrogens (tertiary/aromatic N) is 3. The molecule has 0 amide bonds. The molecule has 3 aromatic rings. The largest absolute Gasteiger partial charge is 0.438 e. The van der Waals surface area contributed by atoms with E-state index < -0.39 is 0 Å². The molecule has 0 unspecified atom stereocenters. The van der Waals surface area contributed by atoms with Gasteiger partial charge < -0.3 is 4.42 Å². The number of thioether (sulfide) groups is 1. The topological polar surface area (TPSA) is 43.9 Å². The van der Waals surface area contributed by atoms with Gasteiger partial charge in [-0.05, 0) is 44.2 Å². The summed E-state index contributed by atoms with van der Waals surface area (Å²) in [5.41, 5.74) is 1.95. The molecule has 0 atom stereocenters. The lowest BCUT2D eigenvalue weighted by atomic mass is 9.92. The molecule has 0 fully saturated rings. The highest BCUT2D eigenvalue weighted by molar-refractivity contribution is 8.00. The molecule has 0 saturated carbocycles. The van der Waals surface area contributed by atoms with Gasteiger partial charge in [-0.3, -0.25) is 4.68 Å². The van der Waals surface area contributed by atoms with Crippen LogP contribution in [0.2, 0.25) is 5.02 Å². The average Bonchev–Trinajstić information content (AvgIpc) is 3.15. The standard InChI is InChI=1S/C20H24ClN3OS/c1-19(2,3)17-11-15(24(6)23-17)16-12-22-18(25-16)20(4,5)26-14-9-7-13(21)8-10-14/h7-12H,1-6H3. The van der Waals surface area contributed by atoms with Gasteiger partial charge in [0.05, 0.1) is 16.6 Å². The maximum atomic E-state index is 6.12. The van der Waals surface area contributed by atoms with Crippen LogP contribution in [0, 0.1) is 0 Å². The van der Waals surface area contributed by atoms with Crippen LogP contribution in [0.15, 0.2) is 45.8 Å². The number of hydrogen-bond acceptors (Lipinski definition) is 4. The van der Waals surface area contributed by atoms with Crippen molar-refractivity contribution in [2.24, 2.45) is 7.05 Å². The van der Waals surface area contributed by atoms with Gasteiger partial charge in [0.2, 0.25) is 5.89 Å². The number of hydrogen-bond donors (Lipinski definition) is 0. The molecule has 6 heteroatoms. The zero-order chi connectivity index (χ0) is 19.1. The summed E-state index contributed by atoms with van der Waals surface area (Å²) in [7, 11) is 1.93. The fourth-order valence-corrected chi connectivity index (χ4v) is 3.75. The summed E-state index contributed by atoms with van der Waals surface area (Å²) in [6.07, 6.45) is 1.78. The Morgan fingerprint density at radius 2 is 1.73 bits per heavy atom. The van der Waals surface area contributed by atoms with Crippen LogP contribution in [-0.4, -0.2) is 14.8 Å². The van der Waals surface area contributed by atoms with Gasteiger partial charge in [-0.15, -0.1) is 11.8 Å². The quantitative estimate of drug-likeness (QED) is 0.509. The molecule has 0 saturated heterocycles. The predicted molar refractivity (Wildman–Crippen MR) is 108 cm³/mol. The Morgan fingerprint density at radius 3 is 2.31 bits per heavy atom. The lowest BCUT2D eigenvalue weighted by Crippen LogP contribution is -2.12. The first-order valence-electron chi connectivity index (χ1n) is 8.52. The molecule has 0 aliphatic carbocycles.